The maximum atomic E-state index is 16.6. The number of amides is 1. The number of thiophene rings is 1. The van der Waals surface area contributed by atoms with Gasteiger partial charge in [0.15, 0.2) is 5.82 Å². The minimum atomic E-state index is -0.932. The van der Waals surface area contributed by atoms with Crippen molar-refractivity contribution in [1.29, 1.82) is 5.26 Å². The summed E-state index contributed by atoms with van der Waals surface area (Å²) in [6.45, 7) is 6.38. The van der Waals surface area contributed by atoms with Gasteiger partial charge in [-0.15, -0.1) is 23.1 Å². The first kappa shape index (κ1) is 31.7. The maximum Gasteiger partial charge on any atom is 0.412 e. The fourth-order valence-corrected chi connectivity index (χ4v) is 8.14. The van der Waals surface area contributed by atoms with E-state index in [4.69, 9.17) is 21.1 Å². The van der Waals surface area contributed by atoms with Crippen LogP contribution >= 0.6 is 34.7 Å². The predicted octanol–water partition coefficient (Wildman–Crippen LogP) is 8.34. The van der Waals surface area contributed by atoms with Gasteiger partial charge in [-0.05, 0) is 64.1 Å². The van der Waals surface area contributed by atoms with Gasteiger partial charge in [-0.2, -0.15) is 15.2 Å². The monoisotopic (exact) mass is 675 g/mol. The van der Waals surface area contributed by atoms with E-state index in [-0.39, 0.29) is 54.9 Å². The Balaban J connectivity index is 1.45. The molecule has 2 atom stereocenters. The lowest BCUT2D eigenvalue weighted by Gasteiger charge is -2.30. The van der Waals surface area contributed by atoms with Gasteiger partial charge < -0.3 is 9.47 Å². The molecule has 0 spiro atoms. The van der Waals surface area contributed by atoms with Crippen LogP contribution in [0.15, 0.2) is 23.2 Å². The molecule has 0 radical (unpaired) electrons. The Hall–Kier alpha value is -3.31. The van der Waals surface area contributed by atoms with E-state index in [1.165, 1.54) is 23.9 Å². The van der Waals surface area contributed by atoms with E-state index in [1.54, 1.807) is 27.0 Å². The van der Waals surface area contributed by atoms with E-state index in [0.717, 1.165) is 36.8 Å². The Morgan fingerprint density at radius 2 is 2.11 bits per heavy atom. The van der Waals surface area contributed by atoms with Crippen molar-refractivity contribution >= 4 is 66.8 Å². The second kappa shape index (κ2) is 11.8. The highest BCUT2D eigenvalue weighted by Gasteiger charge is 2.49. The van der Waals surface area contributed by atoms with Crippen molar-refractivity contribution in [3.05, 3.63) is 40.4 Å². The number of hydrogen-bond acceptors (Lipinski definition) is 9. The first-order valence-corrected chi connectivity index (χ1v) is 16.7. The molecule has 8 nitrogen and oxygen atoms in total. The minimum Gasteiger partial charge on any atom is -0.461 e. The Labute approximate surface area is 270 Å². The molecule has 45 heavy (non-hydrogen) atoms. The zero-order valence-corrected chi connectivity index (χ0v) is 27.3. The number of nitrogens with zero attached hydrogens (tertiary/aromatic N) is 4. The SMILES string of the molecule is CSc1nc(OC[C@@]23CCCN2C[C@H](F)C3)nc2c(F)c(-c3ccc(F)c4sc(NC(=O)OC(C)(C)C)c(C#N)c34)c(Cl)cc12. The lowest BCUT2D eigenvalue weighted by Crippen LogP contribution is -2.43. The molecule has 0 aliphatic carbocycles. The van der Waals surface area contributed by atoms with Gasteiger partial charge >= 0.3 is 12.1 Å². The van der Waals surface area contributed by atoms with Crippen LogP contribution in [-0.2, 0) is 4.74 Å². The average Bonchev–Trinajstić information content (AvgIpc) is 3.62. The highest BCUT2D eigenvalue weighted by molar-refractivity contribution is 7.98. The molecule has 236 valence electrons. The molecule has 2 aromatic carbocycles. The van der Waals surface area contributed by atoms with Crippen LogP contribution in [-0.4, -0.2) is 64.2 Å². The summed E-state index contributed by atoms with van der Waals surface area (Å²) in [4.78, 5) is 23.5. The Bertz CT molecular complexity index is 1890. The van der Waals surface area contributed by atoms with Crippen molar-refractivity contribution in [2.45, 2.75) is 62.4 Å². The molecule has 2 aliphatic heterocycles. The number of anilines is 1. The molecule has 2 aliphatic rings. The lowest BCUT2D eigenvalue weighted by atomic mass is 9.95. The van der Waals surface area contributed by atoms with Crippen LogP contribution < -0.4 is 10.1 Å². The number of hydrogen-bond donors (Lipinski definition) is 1. The van der Waals surface area contributed by atoms with Gasteiger partial charge in [0.05, 0.1) is 20.8 Å². The van der Waals surface area contributed by atoms with Crippen molar-refractivity contribution < 1.29 is 27.4 Å². The third-order valence-corrected chi connectivity index (χ3v) is 10.1. The van der Waals surface area contributed by atoms with Gasteiger partial charge in [-0.3, -0.25) is 10.2 Å². The molecule has 1 N–H and O–H groups in total. The fraction of sp³-hybridized carbons (Fsp3) is 0.419. The number of carbonyl (C=O) groups is 1. The predicted molar refractivity (Wildman–Crippen MR) is 170 cm³/mol. The number of thioether (sulfide) groups is 1. The maximum absolute atomic E-state index is 16.6. The average molecular weight is 676 g/mol. The number of benzene rings is 2. The van der Waals surface area contributed by atoms with E-state index in [2.05, 4.69) is 20.2 Å². The Morgan fingerprint density at radius 1 is 1.33 bits per heavy atom. The van der Waals surface area contributed by atoms with Crippen LogP contribution in [0.5, 0.6) is 6.01 Å². The standard InChI is InChI=1S/C31H29ClF3N5O3S2/c1-30(2,3)43-29(41)39-27-18(12-36)21-16(6-7-20(34)25(21)45-27)22-19(32)10-17-24(23(22)35)37-28(38-26(17)44-4)42-14-31-8-5-9-40(31)13-15(33)11-31/h6-7,10,15H,5,8-9,11,13-14H2,1-4H3,(H,39,41)/t15-,31+/m1/s1. The molecule has 6 rings (SSSR count). The minimum absolute atomic E-state index is 0.00218. The smallest absolute Gasteiger partial charge is 0.412 e. The topological polar surface area (TPSA) is 100 Å². The number of aromatic nitrogens is 2. The van der Waals surface area contributed by atoms with Gasteiger partial charge in [0.25, 0.3) is 0 Å². The largest absolute Gasteiger partial charge is 0.461 e. The first-order valence-electron chi connectivity index (χ1n) is 14.3. The van der Waals surface area contributed by atoms with Crippen LogP contribution in [0, 0.1) is 23.0 Å². The fourth-order valence-electron chi connectivity index (χ4n) is 6.23. The van der Waals surface area contributed by atoms with E-state index >= 15 is 8.78 Å². The molecular formula is C31H29ClF3N5O3S2. The van der Waals surface area contributed by atoms with E-state index in [0.29, 0.717) is 23.4 Å². The number of ether oxygens (including phenoxy) is 2. The summed E-state index contributed by atoms with van der Waals surface area (Å²) in [5.74, 6) is -1.47. The van der Waals surface area contributed by atoms with Crippen molar-refractivity contribution in [2.75, 3.05) is 31.3 Å². The van der Waals surface area contributed by atoms with Crippen molar-refractivity contribution in [3.63, 3.8) is 0 Å². The van der Waals surface area contributed by atoms with Gasteiger partial charge in [-0.1, -0.05) is 17.7 Å². The summed E-state index contributed by atoms with van der Waals surface area (Å²) >= 11 is 8.79. The van der Waals surface area contributed by atoms with E-state index < -0.39 is 35.0 Å². The zero-order valence-electron chi connectivity index (χ0n) is 24.9. The van der Waals surface area contributed by atoms with E-state index in [9.17, 15) is 14.4 Å². The summed E-state index contributed by atoms with van der Waals surface area (Å²) in [5.41, 5.74) is -1.34. The number of rotatable bonds is 6. The summed E-state index contributed by atoms with van der Waals surface area (Å²) in [6.07, 6.45) is 2.11. The quantitative estimate of drug-likeness (QED) is 0.161. The van der Waals surface area contributed by atoms with Gasteiger partial charge in [0.1, 0.15) is 45.8 Å². The zero-order chi connectivity index (χ0) is 32.3. The second-order valence-electron chi connectivity index (χ2n) is 12.2. The number of nitriles is 1. The van der Waals surface area contributed by atoms with Crippen molar-refractivity contribution in [2.24, 2.45) is 0 Å². The normalized spacial score (nSPS) is 20.0. The van der Waals surface area contributed by atoms with Crippen LogP contribution in [0.2, 0.25) is 5.02 Å². The molecule has 0 bridgehead atoms. The summed E-state index contributed by atoms with van der Waals surface area (Å²) in [7, 11) is 0. The molecule has 4 heterocycles. The third-order valence-electron chi connectivity index (χ3n) is 8.04. The lowest BCUT2D eigenvalue weighted by molar-refractivity contribution is 0.0636. The van der Waals surface area contributed by atoms with E-state index in [1.807, 2.05) is 6.07 Å². The summed E-state index contributed by atoms with van der Waals surface area (Å²) in [5, 5.41) is 13.5. The number of alkyl halides is 1. The first-order chi connectivity index (χ1) is 21.3. The van der Waals surface area contributed by atoms with Gasteiger partial charge in [-0.25, -0.2) is 18.0 Å². The van der Waals surface area contributed by atoms with Crippen LogP contribution in [0.3, 0.4) is 0 Å². The molecule has 0 unspecified atom stereocenters. The molecule has 0 saturated carbocycles. The molecule has 2 fully saturated rings. The highest BCUT2D eigenvalue weighted by atomic mass is 35.5. The number of halogens is 4. The van der Waals surface area contributed by atoms with Gasteiger partial charge in [0.2, 0.25) is 0 Å². The van der Waals surface area contributed by atoms with Gasteiger partial charge in [0, 0.05) is 29.3 Å². The van der Waals surface area contributed by atoms with Crippen LogP contribution in [0.25, 0.3) is 32.1 Å². The molecule has 2 saturated heterocycles. The molecule has 4 aromatic rings. The Morgan fingerprint density at radius 3 is 2.82 bits per heavy atom. The highest BCUT2D eigenvalue weighted by Crippen LogP contribution is 2.46. The van der Waals surface area contributed by atoms with Crippen LogP contribution in [0.1, 0.15) is 45.6 Å². The summed E-state index contributed by atoms with van der Waals surface area (Å²) < 4.78 is 57.4. The second-order valence-corrected chi connectivity index (χ2v) is 14.4. The molecule has 14 heteroatoms. The molecular weight excluding hydrogens is 647 g/mol. The Kier molecular flexibility index (Phi) is 8.31. The van der Waals surface area contributed by atoms with Crippen LogP contribution in [0.4, 0.5) is 23.0 Å². The number of fused-ring (bicyclic) bond motifs is 3. The third kappa shape index (κ3) is 5.78. The number of carbonyl (C=O) groups excluding carboxylic acids is 1. The molecule has 1 amide bonds. The molecule has 2 aromatic heterocycles. The summed E-state index contributed by atoms with van der Waals surface area (Å²) in [6, 6.07) is 5.99. The number of nitrogens with one attached hydrogen (secondary N) is 1. The van der Waals surface area contributed by atoms with Crippen molar-refractivity contribution in [1.82, 2.24) is 14.9 Å². The van der Waals surface area contributed by atoms with Crippen molar-refractivity contribution in [3.8, 4) is 23.2 Å².